The number of ether oxygens (including phenoxy) is 1. The minimum absolute atomic E-state index is 0.0158. The van der Waals surface area contributed by atoms with E-state index in [0.717, 1.165) is 15.9 Å². The molecule has 4 aliphatic rings. The number of aliphatic imine (C=N–C) groups is 1. The van der Waals surface area contributed by atoms with Crippen molar-refractivity contribution in [3.8, 4) is 5.75 Å². The fraction of sp³-hybridized carbons (Fsp3) is 0.480. The molecule has 7 N–H and O–H groups in total. The summed E-state index contributed by atoms with van der Waals surface area (Å²) in [5.41, 5.74) is -4.21. The van der Waals surface area contributed by atoms with Crippen molar-refractivity contribution in [3.05, 3.63) is 41.7 Å². The molecule has 1 aromatic carbocycles. The van der Waals surface area contributed by atoms with Crippen LogP contribution in [0, 0.1) is 0 Å². The van der Waals surface area contributed by atoms with Crippen LogP contribution in [-0.4, -0.2) is 108 Å². The third kappa shape index (κ3) is 5.94. The first kappa shape index (κ1) is 33.6. The number of likely N-dealkylation sites (tertiary alicyclic amines) is 1. The Hall–Kier alpha value is -3.71. The normalized spacial score (nSPS) is 27.0. The minimum atomic E-state index is -5.01. The second-order valence-corrected chi connectivity index (χ2v) is 13.3. The maximum atomic E-state index is 13.4. The predicted octanol–water partition coefficient (Wildman–Crippen LogP) is 0.218. The summed E-state index contributed by atoms with van der Waals surface area (Å²) in [6, 6.07) is -2.15. The molecule has 4 atom stereocenters. The number of carbonyl (C=O) groups is 4. The largest absolute Gasteiger partial charge is 0.507 e. The lowest BCUT2D eigenvalue weighted by molar-refractivity contribution is -0.231. The van der Waals surface area contributed by atoms with E-state index >= 15 is 0 Å². The van der Waals surface area contributed by atoms with E-state index in [0.29, 0.717) is 12.1 Å². The van der Waals surface area contributed by atoms with Gasteiger partial charge in [-0.25, -0.2) is 9.79 Å². The number of alkyl halides is 6. The van der Waals surface area contributed by atoms with Gasteiger partial charge in [0.05, 0.1) is 30.0 Å². The number of phenolic OH excluding ortho intramolecular Hbond substituents is 1. The zero-order valence-electron chi connectivity index (χ0n) is 23.2. The number of phenols is 1. The molecule has 0 bridgehead atoms. The number of aliphatic hydroxyl groups is 2. The molecule has 0 radical (unpaired) electrons. The molecule has 1 spiro atoms. The van der Waals surface area contributed by atoms with Gasteiger partial charge in [0, 0.05) is 24.9 Å². The lowest BCUT2D eigenvalue weighted by Crippen LogP contribution is -2.78. The third-order valence-corrected chi connectivity index (χ3v) is 8.19. The molecule has 1 aromatic rings. The molecule has 5 rings (SSSR count). The smallest absolute Gasteiger partial charge is 0.419 e. The van der Waals surface area contributed by atoms with Crippen LogP contribution in [0.4, 0.5) is 18.0 Å². The average molecular weight is 715 g/mol. The van der Waals surface area contributed by atoms with Crippen molar-refractivity contribution in [2.75, 3.05) is 19.7 Å². The van der Waals surface area contributed by atoms with Gasteiger partial charge in [-0.05, 0) is 18.2 Å². The van der Waals surface area contributed by atoms with Crippen molar-refractivity contribution in [2.24, 2.45) is 4.99 Å². The van der Waals surface area contributed by atoms with E-state index in [1.54, 1.807) is 0 Å². The second-order valence-electron chi connectivity index (χ2n) is 10.8. The quantitative estimate of drug-likeness (QED) is 0.125. The molecule has 15 nitrogen and oxygen atoms in total. The van der Waals surface area contributed by atoms with Crippen molar-refractivity contribution >= 4 is 64.6 Å². The Kier molecular flexibility index (Phi) is 8.42. The molecule has 250 valence electrons. The van der Waals surface area contributed by atoms with Crippen LogP contribution in [0.25, 0.3) is 0 Å². The van der Waals surface area contributed by atoms with Crippen LogP contribution in [0.1, 0.15) is 28.8 Å². The third-order valence-electron chi connectivity index (χ3n) is 7.86. The van der Waals surface area contributed by atoms with Crippen molar-refractivity contribution in [1.82, 2.24) is 31.1 Å². The first-order valence-corrected chi connectivity index (χ1v) is 14.5. The van der Waals surface area contributed by atoms with E-state index in [4.69, 9.17) is 39.5 Å². The van der Waals surface area contributed by atoms with Gasteiger partial charge >= 0.3 is 12.3 Å². The number of hydrogen-bond donors (Lipinski definition) is 7. The highest BCUT2D eigenvalue weighted by Gasteiger charge is 2.74. The van der Waals surface area contributed by atoms with Gasteiger partial charge in [0.15, 0.2) is 5.66 Å². The number of imide groups is 1. The van der Waals surface area contributed by atoms with E-state index in [9.17, 15) is 47.7 Å². The van der Waals surface area contributed by atoms with Crippen LogP contribution in [0.15, 0.2) is 35.6 Å². The molecule has 0 aromatic heterocycles. The van der Waals surface area contributed by atoms with Gasteiger partial charge in [0.2, 0.25) is 27.4 Å². The van der Waals surface area contributed by atoms with E-state index in [1.807, 2.05) is 0 Å². The zero-order chi connectivity index (χ0) is 34.0. The number of carbonyl (C=O) groups excluding carboxylic acids is 4. The molecule has 46 heavy (non-hydrogen) atoms. The van der Waals surface area contributed by atoms with Crippen molar-refractivity contribution < 1.29 is 52.4 Å². The number of rotatable bonds is 5. The van der Waals surface area contributed by atoms with Gasteiger partial charge < -0.3 is 40.9 Å². The number of benzene rings is 1. The summed E-state index contributed by atoms with van der Waals surface area (Å²) in [6.07, 6.45) is -6.34. The van der Waals surface area contributed by atoms with E-state index in [1.165, 1.54) is 0 Å². The number of hydrogen-bond acceptors (Lipinski definition) is 12. The lowest BCUT2D eigenvalue weighted by Gasteiger charge is -2.49. The maximum absolute atomic E-state index is 13.4. The van der Waals surface area contributed by atoms with Gasteiger partial charge in [-0.1, -0.05) is 41.4 Å². The molecule has 4 aliphatic heterocycles. The molecule has 21 heteroatoms. The summed E-state index contributed by atoms with van der Waals surface area (Å²) in [5.74, 6) is -6.74. The van der Waals surface area contributed by atoms with E-state index in [-0.39, 0.29) is 25.2 Å². The number of guanidine groups is 1. The Labute approximate surface area is 272 Å². The molecule has 0 saturated carbocycles. The number of nitrogens with one attached hydrogen (secondary N) is 4. The Morgan fingerprint density at radius 1 is 1.17 bits per heavy atom. The molecule has 3 saturated heterocycles. The number of alkyl carbamates (subject to hydrolysis) is 1. The Morgan fingerprint density at radius 2 is 1.83 bits per heavy atom. The number of nitrogens with zero attached hydrogens (tertiary/aromatic N) is 3. The second kappa shape index (κ2) is 11.5. The number of aromatic hydroxyl groups is 1. The predicted molar refractivity (Wildman–Crippen MR) is 152 cm³/mol. The van der Waals surface area contributed by atoms with Crippen LogP contribution >= 0.6 is 34.8 Å². The van der Waals surface area contributed by atoms with E-state index < -0.39 is 99.3 Å². The fourth-order valence-electron chi connectivity index (χ4n) is 5.87. The van der Waals surface area contributed by atoms with Crippen molar-refractivity contribution in [2.45, 2.75) is 52.4 Å². The summed E-state index contributed by atoms with van der Waals surface area (Å²) in [5, 5.41) is 43.4. The van der Waals surface area contributed by atoms with E-state index in [2.05, 4.69) is 32.8 Å². The lowest BCUT2D eigenvalue weighted by atomic mass is 9.85. The Balaban J connectivity index is 1.51. The van der Waals surface area contributed by atoms with Gasteiger partial charge in [-0.15, -0.1) is 0 Å². The van der Waals surface area contributed by atoms with Crippen molar-refractivity contribution in [1.29, 1.82) is 0 Å². The summed E-state index contributed by atoms with van der Waals surface area (Å²) >= 11 is 16.9. The van der Waals surface area contributed by atoms with Crippen LogP contribution < -0.4 is 21.3 Å². The molecule has 4 amide bonds. The Bertz CT molecular complexity index is 1520. The molecular formula is C25H25Cl3F3N7O8. The van der Waals surface area contributed by atoms with Gasteiger partial charge in [0.1, 0.15) is 18.4 Å². The summed E-state index contributed by atoms with van der Waals surface area (Å²) in [7, 11) is 0. The number of amides is 4. The highest BCUT2D eigenvalue weighted by Crippen LogP contribution is 2.45. The highest BCUT2D eigenvalue weighted by atomic mass is 35.6. The van der Waals surface area contributed by atoms with Crippen LogP contribution in [0.5, 0.6) is 5.75 Å². The SMILES string of the molecule is C=C1N[C@H]2[C@H](CN3C(=O)CCC3=O)N=C(NC(=O)OCC(Cl)(Cl)Cl)N3CC(NC(=O)c4ccc(O)c(C(F)(F)F)c4)C(O)(O)[C@]23N1. The summed E-state index contributed by atoms with van der Waals surface area (Å²) in [4.78, 5) is 57.3. The summed E-state index contributed by atoms with van der Waals surface area (Å²) < 4.78 is 43.0. The Morgan fingerprint density at radius 3 is 2.43 bits per heavy atom. The van der Waals surface area contributed by atoms with Gasteiger partial charge in [-0.2, -0.15) is 13.2 Å². The minimum Gasteiger partial charge on any atom is -0.507 e. The molecular weight excluding hydrogens is 690 g/mol. The standard InChI is InChI=1S/C25H25Cl3F3N7O8/c1-10-32-18-13(7-37-16(40)4-5-17(37)41)33-20(35-21(43)46-9-22(26,27)28)38-8-15(24(44,45)23(18,38)36-10)34-19(42)11-2-3-14(39)12(6-11)25(29,30)31/h2-3,6,13,15,18,32,36,39,44-45H,1,4-5,7-9H2,(H,34,42)(H,33,35,43)/t13-,15?,18-,23-/m0/s1. The molecule has 4 heterocycles. The average Bonchev–Trinajstić information content (AvgIpc) is 3.53. The molecule has 3 fully saturated rings. The van der Waals surface area contributed by atoms with Crippen LogP contribution in [0.3, 0.4) is 0 Å². The topological polar surface area (TPSA) is 205 Å². The van der Waals surface area contributed by atoms with Crippen LogP contribution in [-0.2, 0) is 20.5 Å². The first-order chi connectivity index (χ1) is 21.2. The fourth-order valence-corrected chi connectivity index (χ4v) is 6.03. The van der Waals surface area contributed by atoms with Crippen molar-refractivity contribution in [3.63, 3.8) is 0 Å². The number of halogens is 6. The van der Waals surface area contributed by atoms with Gasteiger partial charge in [0.25, 0.3) is 5.91 Å². The monoisotopic (exact) mass is 713 g/mol. The van der Waals surface area contributed by atoms with Crippen LogP contribution in [0.2, 0.25) is 0 Å². The first-order valence-electron chi connectivity index (χ1n) is 13.3. The summed E-state index contributed by atoms with van der Waals surface area (Å²) in [6.45, 7) is 2.14. The molecule has 1 unspecified atom stereocenters. The molecule has 0 aliphatic carbocycles. The highest BCUT2D eigenvalue weighted by molar-refractivity contribution is 6.67. The van der Waals surface area contributed by atoms with Gasteiger partial charge in [-0.3, -0.25) is 24.6 Å². The maximum Gasteiger partial charge on any atom is 0.419 e. The zero-order valence-corrected chi connectivity index (χ0v) is 25.5.